The quantitative estimate of drug-likeness (QED) is 0.540. The van der Waals surface area contributed by atoms with Crippen LogP contribution >= 0.6 is 0 Å². The van der Waals surface area contributed by atoms with E-state index < -0.39 is 0 Å². The second-order valence-electron chi connectivity index (χ2n) is 7.25. The maximum atomic E-state index is 12.7. The molecule has 1 fully saturated rings. The fourth-order valence-corrected chi connectivity index (χ4v) is 3.61. The van der Waals surface area contributed by atoms with Crippen LogP contribution in [0.4, 0.5) is 5.69 Å². The Labute approximate surface area is 180 Å². The van der Waals surface area contributed by atoms with Gasteiger partial charge in [-0.05, 0) is 36.8 Å². The summed E-state index contributed by atoms with van der Waals surface area (Å²) in [6.07, 6.45) is 1.21. The van der Waals surface area contributed by atoms with Crippen LogP contribution in [0.3, 0.4) is 0 Å². The Morgan fingerprint density at radius 3 is 2.68 bits per heavy atom. The predicted octanol–water partition coefficient (Wildman–Crippen LogP) is 4.06. The van der Waals surface area contributed by atoms with E-state index in [1.807, 2.05) is 49.4 Å². The van der Waals surface area contributed by atoms with Crippen LogP contribution in [0.5, 0.6) is 17.2 Å². The van der Waals surface area contributed by atoms with Gasteiger partial charge in [-0.3, -0.25) is 4.79 Å². The molecular weight excluding hydrogens is 398 g/mol. The molecule has 0 bridgehead atoms. The molecule has 8 nitrogen and oxygen atoms in total. The Morgan fingerprint density at radius 2 is 1.90 bits per heavy atom. The van der Waals surface area contributed by atoms with Crippen LogP contribution in [-0.2, 0) is 4.79 Å². The summed E-state index contributed by atoms with van der Waals surface area (Å²) in [5.74, 6) is 2.62. The van der Waals surface area contributed by atoms with Gasteiger partial charge in [0.1, 0.15) is 5.75 Å². The zero-order valence-corrected chi connectivity index (χ0v) is 17.8. The molecule has 3 aromatic rings. The normalized spacial score (nSPS) is 15.9. The van der Waals surface area contributed by atoms with Crippen molar-refractivity contribution in [1.82, 2.24) is 10.1 Å². The Hall–Kier alpha value is -3.55. The van der Waals surface area contributed by atoms with Gasteiger partial charge in [0.25, 0.3) is 0 Å². The third-order valence-corrected chi connectivity index (χ3v) is 5.18. The van der Waals surface area contributed by atoms with Crippen LogP contribution in [0.1, 0.15) is 31.6 Å². The summed E-state index contributed by atoms with van der Waals surface area (Å²) < 4.78 is 22.0. The van der Waals surface area contributed by atoms with Crippen molar-refractivity contribution in [3.8, 4) is 28.6 Å². The fraction of sp³-hybridized carbons (Fsp3) is 0.348. The molecule has 1 atom stereocenters. The number of para-hydroxylation sites is 2. The number of nitrogens with zero attached hydrogens (tertiary/aromatic N) is 3. The summed E-state index contributed by atoms with van der Waals surface area (Å²) in [7, 11) is 3.18. The van der Waals surface area contributed by atoms with E-state index in [1.54, 1.807) is 19.1 Å². The van der Waals surface area contributed by atoms with Crippen molar-refractivity contribution in [2.75, 3.05) is 32.3 Å². The summed E-state index contributed by atoms with van der Waals surface area (Å²) >= 11 is 0. The molecule has 1 saturated heterocycles. The van der Waals surface area contributed by atoms with Crippen LogP contribution < -0.4 is 19.1 Å². The second kappa shape index (κ2) is 9.07. The molecule has 0 spiro atoms. The maximum absolute atomic E-state index is 12.7. The van der Waals surface area contributed by atoms with Crippen molar-refractivity contribution < 1.29 is 23.5 Å². The molecule has 1 unspecified atom stereocenters. The van der Waals surface area contributed by atoms with Gasteiger partial charge < -0.3 is 23.6 Å². The average Bonchev–Trinajstić information content (AvgIpc) is 3.44. The second-order valence-corrected chi connectivity index (χ2v) is 7.25. The molecule has 2 heterocycles. The molecule has 0 saturated carbocycles. The fourth-order valence-electron chi connectivity index (χ4n) is 3.61. The molecule has 0 aliphatic carbocycles. The number of rotatable bonds is 8. The van der Waals surface area contributed by atoms with E-state index in [-0.39, 0.29) is 11.8 Å². The Morgan fingerprint density at radius 1 is 1.10 bits per heavy atom. The van der Waals surface area contributed by atoms with Crippen molar-refractivity contribution >= 4 is 11.6 Å². The standard InChI is InChI=1S/C23H25N3O5/c1-4-11-30-19-10-9-15(12-20(19)29-3)22-24-23(31-25-22)16-13-21(27)26(14-16)17-7-5-6-8-18(17)28-2/h5-10,12,16H,4,11,13-14H2,1-3H3. The maximum Gasteiger partial charge on any atom is 0.232 e. The molecule has 162 valence electrons. The molecule has 31 heavy (non-hydrogen) atoms. The number of methoxy groups -OCH3 is 2. The van der Waals surface area contributed by atoms with Crippen LogP contribution in [0, 0.1) is 0 Å². The minimum atomic E-state index is -0.187. The molecular formula is C23H25N3O5. The zero-order valence-electron chi connectivity index (χ0n) is 17.8. The van der Waals surface area contributed by atoms with Crippen LogP contribution in [0.25, 0.3) is 11.4 Å². The van der Waals surface area contributed by atoms with Crippen molar-refractivity contribution in [1.29, 1.82) is 0 Å². The summed E-state index contributed by atoms with van der Waals surface area (Å²) in [5, 5.41) is 4.12. The first-order valence-electron chi connectivity index (χ1n) is 10.2. The number of anilines is 1. The molecule has 0 radical (unpaired) electrons. The molecule has 1 amide bonds. The number of aromatic nitrogens is 2. The molecule has 1 aliphatic heterocycles. The number of carbonyl (C=O) groups is 1. The molecule has 8 heteroatoms. The minimum Gasteiger partial charge on any atom is -0.495 e. The van der Waals surface area contributed by atoms with E-state index in [9.17, 15) is 4.79 Å². The van der Waals surface area contributed by atoms with Gasteiger partial charge >= 0.3 is 0 Å². The highest BCUT2D eigenvalue weighted by Crippen LogP contribution is 2.37. The van der Waals surface area contributed by atoms with Gasteiger partial charge in [0.05, 0.1) is 32.4 Å². The van der Waals surface area contributed by atoms with E-state index in [0.29, 0.717) is 48.5 Å². The number of benzene rings is 2. The lowest BCUT2D eigenvalue weighted by Crippen LogP contribution is -2.24. The topological polar surface area (TPSA) is 86.9 Å². The number of ether oxygens (including phenoxy) is 3. The molecule has 1 aromatic heterocycles. The van der Waals surface area contributed by atoms with E-state index in [0.717, 1.165) is 17.7 Å². The average molecular weight is 423 g/mol. The highest BCUT2D eigenvalue weighted by Gasteiger charge is 2.36. The summed E-state index contributed by atoms with van der Waals surface area (Å²) in [5.41, 5.74) is 1.49. The van der Waals surface area contributed by atoms with Gasteiger partial charge in [-0.1, -0.05) is 24.2 Å². The molecule has 1 aliphatic rings. The van der Waals surface area contributed by atoms with Gasteiger partial charge in [-0.15, -0.1) is 0 Å². The first kappa shape index (κ1) is 20.7. The molecule has 0 N–H and O–H groups in total. The van der Waals surface area contributed by atoms with Crippen molar-refractivity contribution in [3.63, 3.8) is 0 Å². The first-order valence-corrected chi connectivity index (χ1v) is 10.2. The minimum absolute atomic E-state index is 0.00616. The van der Waals surface area contributed by atoms with Crippen molar-refractivity contribution in [3.05, 3.63) is 48.4 Å². The largest absolute Gasteiger partial charge is 0.495 e. The third kappa shape index (κ3) is 4.19. The van der Waals surface area contributed by atoms with Crippen molar-refractivity contribution in [2.45, 2.75) is 25.7 Å². The molecule has 4 rings (SSSR count). The summed E-state index contributed by atoms with van der Waals surface area (Å²) in [4.78, 5) is 18.9. The number of hydrogen-bond acceptors (Lipinski definition) is 7. The van der Waals surface area contributed by atoms with Crippen molar-refractivity contribution in [2.24, 2.45) is 0 Å². The van der Waals surface area contributed by atoms with E-state index in [1.165, 1.54) is 0 Å². The smallest absolute Gasteiger partial charge is 0.232 e. The molecule has 2 aromatic carbocycles. The monoisotopic (exact) mass is 423 g/mol. The van der Waals surface area contributed by atoms with Crippen LogP contribution in [-0.4, -0.2) is 43.4 Å². The van der Waals surface area contributed by atoms with Gasteiger partial charge in [-0.2, -0.15) is 4.98 Å². The third-order valence-electron chi connectivity index (χ3n) is 5.18. The summed E-state index contributed by atoms with van der Waals surface area (Å²) in [6, 6.07) is 13.0. The van der Waals surface area contributed by atoms with Gasteiger partial charge in [0, 0.05) is 18.5 Å². The lowest BCUT2D eigenvalue weighted by atomic mass is 10.1. The first-order chi connectivity index (χ1) is 15.1. The van der Waals surface area contributed by atoms with Crippen LogP contribution in [0.2, 0.25) is 0 Å². The van der Waals surface area contributed by atoms with Gasteiger partial charge in [-0.25, -0.2) is 0 Å². The summed E-state index contributed by atoms with van der Waals surface area (Å²) in [6.45, 7) is 3.11. The lowest BCUT2D eigenvalue weighted by Gasteiger charge is -2.18. The highest BCUT2D eigenvalue weighted by atomic mass is 16.5. The Kier molecular flexibility index (Phi) is 6.06. The highest BCUT2D eigenvalue weighted by molar-refractivity contribution is 5.97. The Balaban J connectivity index is 1.54. The number of amides is 1. The number of hydrogen-bond donors (Lipinski definition) is 0. The predicted molar refractivity (Wildman–Crippen MR) is 115 cm³/mol. The van der Waals surface area contributed by atoms with Crippen LogP contribution in [0.15, 0.2) is 47.0 Å². The number of carbonyl (C=O) groups excluding carboxylic acids is 1. The van der Waals surface area contributed by atoms with E-state index >= 15 is 0 Å². The van der Waals surface area contributed by atoms with E-state index in [4.69, 9.17) is 18.7 Å². The van der Waals surface area contributed by atoms with Gasteiger partial charge in [0.15, 0.2) is 11.5 Å². The lowest BCUT2D eigenvalue weighted by molar-refractivity contribution is -0.117. The van der Waals surface area contributed by atoms with Gasteiger partial charge in [0.2, 0.25) is 17.6 Å². The Bertz CT molecular complexity index is 1060. The van der Waals surface area contributed by atoms with E-state index in [2.05, 4.69) is 10.1 Å². The SMILES string of the molecule is CCCOc1ccc(-c2noc(C3CC(=O)N(c4ccccc4OC)C3)n2)cc1OC. The zero-order chi connectivity index (χ0) is 21.8.